The number of carbonyl (C=O) groups excluding carboxylic acids is 1. The number of piperazine rings is 1. The number of carbonyl (C=O) groups is 1. The zero-order chi connectivity index (χ0) is 25.3. The van der Waals surface area contributed by atoms with Crippen molar-refractivity contribution in [2.75, 3.05) is 57.9 Å². The molecule has 2 aliphatic heterocycles. The maximum absolute atomic E-state index is 12.5. The van der Waals surface area contributed by atoms with Crippen molar-refractivity contribution >= 4 is 33.5 Å². The number of hydrogen-bond donors (Lipinski definition) is 1. The minimum atomic E-state index is -0.228. The average Bonchev–Trinajstić information content (AvgIpc) is 3.43. The zero-order valence-corrected chi connectivity index (χ0v) is 22.1. The highest BCUT2D eigenvalue weighted by molar-refractivity contribution is 9.10. The van der Waals surface area contributed by atoms with Gasteiger partial charge in [-0.2, -0.15) is 4.98 Å². The fourth-order valence-corrected chi connectivity index (χ4v) is 4.58. The molecular formula is C26H32BrN5O4. The molecule has 36 heavy (non-hydrogen) atoms. The third-order valence-corrected chi connectivity index (χ3v) is 6.63. The quantitative estimate of drug-likeness (QED) is 0.445. The summed E-state index contributed by atoms with van der Waals surface area (Å²) in [4.78, 5) is 25.5. The van der Waals surface area contributed by atoms with Gasteiger partial charge < -0.3 is 24.4 Å². The van der Waals surface area contributed by atoms with Crippen LogP contribution in [0.4, 0.5) is 11.6 Å². The van der Waals surface area contributed by atoms with Crippen molar-refractivity contribution in [2.24, 2.45) is 5.92 Å². The van der Waals surface area contributed by atoms with Gasteiger partial charge in [0, 0.05) is 57.0 Å². The van der Waals surface area contributed by atoms with Crippen molar-refractivity contribution in [3.8, 4) is 24.0 Å². The molecule has 1 aromatic heterocycles. The van der Waals surface area contributed by atoms with Crippen molar-refractivity contribution in [2.45, 2.75) is 25.9 Å². The lowest BCUT2D eigenvalue weighted by Gasteiger charge is -2.36. The third-order valence-electron chi connectivity index (χ3n) is 6.09. The zero-order valence-electron chi connectivity index (χ0n) is 20.5. The molecule has 192 valence electrons. The highest BCUT2D eigenvalue weighted by Gasteiger charge is 2.30. The molecule has 2 fully saturated rings. The Balaban J connectivity index is 1.22. The Morgan fingerprint density at radius 2 is 2.17 bits per heavy atom. The Morgan fingerprint density at radius 3 is 2.92 bits per heavy atom. The van der Waals surface area contributed by atoms with Gasteiger partial charge >= 0.3 is 0 Å². The molecule has 9 nitrogen and oxygen atoms in total. The van der Waals surface area contributed by atoms with Crippen LogP contribution in [-0.2, 0) is 9.53 Å². The first-order valence-electron chi connectivity index (χ1n) is 12.2. The number of aromatic nitrogens is 2. The number of anilines is 2. The molecule has 2 aliphatic rings. The van der Waals surface area contributed by atoms with E-state index in [1.54, 1.807) is 6.20 Å². The van der Waals surface area contributed by atoms with Gasteiger partial charge in [-0.05, 0) is 40.9 Å². The van der Waals surface area contributed by atoms with Gasteiger partial charge in [0.15, 0.2) is 6.61 Å². The van der Waals surface area contributed by atoms with E-state index in [9.17, 15) is 4.79 Å². The predicted molar refractivity (Wildman–Crippen MR) is 140 cm³/mol. The lowest BCUT2D eigenvalue weighted by atomic mass is 10.1. The van der Waals surface area contributed by atoms with Gasteiger partial charge in [0.05, 0.1) is 17.3 Å². The highest BCUT2D eigenvalue weighted by atomic mass is 79.9. The molecule has 2 saturated heterocycles. The minimum absolute atomic E-state index is 0.125. The number of ether oxygens (including phenoxy) is 3. The molecule has 2 aromatic rings. The van der Waals surface area contributed by atoms with E-state index >= 15 is 0 Å². The second-order valence-corrected chi connectivity index (χ2v) is 9.89. The molecule has 0 saturated carbocycles. The van der Waals surface area contributed by atoms with Crippen molar-refractivity contribution < 1.29 is 19.0 Å². The summed E-state index contributed by atoms with van der Waals surface area (Å²) >= 11 is 3.36. The standard InChI is InChI=1S/C26H32BrN5O4/c1-3-13-35-24-22(27)16-28-26(30-24)29-20-6-4-7-21(15-20)36-18-19(2)17-31-9-11-32(12-10-31)25(33)23-8-5-14-34-23/h1,4,6-7,15-16,19,23H,5,8-14,17-18H2,2H3,(H,28,29,30). The Kier molecular flexibility index (Phi) is 9.39. The lowest BCUT2D eigenvalue weighted by molar-refractivity contribution is -0.142. The monoisotopic (exact) mass is 557 g/mol. The van der Waals surface area contributed by atoms with Crippen LogP contribution in [0.3, 0.4) is 0 Å². The molecule has 2 atom stereocenters. The maximum Gasteiger partial charge on any atom is 0.251 e. The van der Waals surface area contributed by atoms with Crippen molar-refractivity contribution in [3.05, 3.63) is 34.9 Å². The van der Waals surface area contributed by atoms with Gasteiger partial charge in [-0.3, -0.25) is 9.69 Å². The van der Waals surface area contributed by atoms with Gasteiger partial charge in [0.2, 0.25) is 11.8 Å². The van der Waals surface area contributed by atoms with Crippen LogP contribution in [0, 0.1) is 18.3 Å². The van der Waals surface area contributed by atoms with E-state index in [0.29, 0.717) is 35.4 Å². The van der Waals surface area contributed by atoms with Gasteiger partial charge in [0.1, 0.15) is 11.9 Å². The second kappa shape index (κ2) is 12.9. The van der Waals surface area contributed by atoms with Crippen LogP contribution in [0.2, 0.25) is 0 Å². The highest BCUT2D eigenvalue weighted by Crippen LogP contribution is 2.25. The summed E-state index contributed by atoms with van der Waals surface area (Å²) in [6, 6.07) is 7.68. The lowest BCUT2D eigenvalue weighted by Crippen LogP contribution is -2.52. The summed E-state index contributed by atoms with van der Waals surface area (Å²) in [6.45, 7) is 7.80. The summed E-state index contributed by atoms with van der Waals surface area (Å²) < 4.78 is 17.7. The SMILES string of the molecule is C#CCOc1nc(Nc2cccc(OCC(C)CN3CCN(C(=O)C4CCCO4)CC3)c2)ncc1Br. The Bertz CT molecular complexity index is 1060. The topological polar surface area (TPSA) is 89.1 Å². The molecule has 1 amide bonds. The minimum Gasteiger partial charge on any atom is -0.493 e. The van der Waals surface area contributed by atoms with E-state index < -0.39 is 0 Å². The van der Waals surface area contributed by atoms with Crippen molar-refractivity contribution in [3.63, 3.8) is 0 Å². The Hall–Kier alpha value is -2.87. The van der Waals surface area contributed by atoms with E-state index in [0.717, 1.165) is 57.0 Å². The molecule has 10 heteroatoms. The van der Waals surface area contributed by atoms with E-state index in [-0.39, 0.29) is 18.6 Å². The fraction of sp³-hybridized carbons (Fsp3) is 0.500. The number of nitrogens with zero attached hydrogens (tertiary/aromatic N) is 4. The number of amides is 1. The normalized spacial score (nSPS) is 18.9. The third kappa shape index (κ3) is 7.32. The number of halogens is 1. The smallest absolute Gasteiger partial charge is 0.251 e. The van der Waals surface area contributed by atoms with Crippen molar-refractivity contribution in [1.82, 2.24) is 19.8 Å². The number of rotatable bonds is 10. The molecule has 4 rings (SSSR count). The fourth-order valence-electron chi connectivity index (χ4n) is 4.27. The predicted octanol–water partition coefficient (Wildman–Crippen LogP) is 3.33. The molecular weight excluding hydrogens is 526 g/mol. The van der Waals surface area contributed by atoms with Crippen LogP contribution in [0.5, 0.6) is 11.6 Å². The second-order valence-electron chi connectivity index (χ2n) is 9.04. The largest absolute Gasteiger partial charge is 0.493 e. The molecule has 1 N–H and O–H groups in total. The number of benzene rings is 1. The molecule has 0 radical (unpaired) electrons. The summed E-state index contributed by atoms with van der Waals surface area (Å²) in [5, 5.41) is 3.17. The number of hydrogen-bond acceptors (Lipinski definition) is 8. The van der Waals surface area contributed by atoms with Gasteiger partial charge in [-0.25, -0.2) is 4.98 Å². The van der Waals surface area contributed by atoms with E-state index in [2.05, 4.69) is 49.0 Å². The summed E-state index contributed by atoms with van der Waals surface area (Å²) in [5.41, 5.74) is 0.803. The molecule has 0 bridgehead atoms. The Morgan fingerprint density at radius 1 is 1.33 bits per heavy atom. The molecule has 2 unspecified atom stereocenters. The van der Waals surface area contributed by atoms with Gasteiger partial charge in [0.25, 0.3) is 5.91 Å². The van der Waals surface area contributed by atoms with Gasteiger partial charge in [-0.15, -0.1) is 6.42 Å². The van der Waals surface area contributed by atoms with Crippen LogP contribution >= 0.6 is 15.9 Å². The van der Waals surface area contributed by atoms with Crippen LogP contribution in [0.25, 0.3) is 0 Å². The van der Waals surface area contributed by atoms with Gasteiger partial charge in [-0.1, -0.05) is 18.9 Å². The number of terminal acetylenes is 1. The average molecular weight is 558 g/mol. The molecule has 0 aliphatic carbocycles. The Labute approximate surface area is 220 Å². The molecule has 0 spiro atoms. The van der Waals surface area contributed by atoms with Crippen molar-refractivity contribution in [1.29, 1.82) is 0 Å². The summed E-state index contributed by atoms with van der Waals surface area (Å²) in [6.07, 6.45) is 8.47. The first-order valence-corrected chi connectivity index (χ1v) is 13.0. The summed E-state index contributed by atoms with van der Waals surface area (Å²) in [7, 11) is 0. The molecule has 3 heterocycles. The number of nitrogens with one attached hydrogen (secondary N) is 1. The van der Waals surface area contributed by atoms with Crippen LogP contribution in [0.15, 0.2) is 34.9 Å². The maximum atomic E-state index is 12.5. The van der Waals surface area contributed by atoms with Crippen LogP contribution in [-0.4, -0.2) is 84.3 Å². The van der Waals surface area contributed by atoms with E-state index in [1.165, 1.54) is 0 Å². The van der Waals surface area contributed by atoms with E-state index in [1.807, 2.05) is 29.2 Å². The van der Waals surface area contributed by atoms with Crippen LogP contribution < -0.4 is 14.8 Å². The van der Waals surface area contributed by atoms with Crippen LogP contribution in [0.1, 0.15) is 19.8 Å². The summed E-state index contributed by atoms with van der Waals surface area (Å²) in [5.74, 6) is 4.46. The first-order chi connectivity index (χ1) is 17.5. The first kappa shape index (κ1) is 26.2. The molecule has 1 aromatic carbocycles. The van der Waals surface area contributed by atoms with E-state index in [4.69, 9.17) is 20.6 Å².